The second-order valence-corrected chi connectivity index (χ2v) is 5.39. The SMILES string of the molecule is CCCn1ccn(Cc2cc3ccccc3nc2Cl)c1=O. The van der Waals surface area contributed by atoms with E-state index in [0.29, 0.717) is 11.7 Å². The van der Waals surface area contributed by atoms with Crippen molar-refractivity contribution in [3.8, 4) is 0 Å². The van der Waals surface area contributed by atoms with Crippen molar-refractivity contribution in [3.05, 3.63) is 63.9 Å². The third-order valence-corrected chi connectivity index (χ3v) is 3.80. The highest BCUT2D eigenvalue weighted by Gasteiger charge is 2.08. The van der Waals surface area contributed by atoms with Crippen LogP contribution in [0, 0.1) is 0 Å². The van der Waals surface area contributed by atoms with Crippen molar-refractivity contribution < 1.29 is 0 Å². The fourth-order valence-electron chi connectivity index (χ4n) is 2.42. The molecule has 3 rings (SSSR count). The van der Waals surface area contributed by atoms with Crippen LogP contribution in [0.1, 0.15) is 18.9 Å². The molecule has 2 heterocycles. The number of halogens is 1. The molecule has 21 heavy (non-hydrogen) atoms. The van der Waals surface area contributed by atoms with Crippen LogP contribution in [0.4, 0.5) is 0 Å². The first-order valence-electron chi connectivity index (χ1n) is 6.99. The Labute approximate surface area is 127 Å². The third kappa shape index (κ3) is 2.72. The Morgan fingerprint density at radius 1 is 1.19 bits per heavy atom. The number of pyridine rings is 1. The Hall–Kier alpha value is -2.07. The topological polar surface area (TPSA) is 39.8 Å². The molecule has 0 atom stereocenters. The highest BCUT2D eigenvalue weighted by molar-refractivity contribution is 6.30. The molecular formula is C16H16ClN3O. The van der Waals surface area contributed by atoms with E-state index < -0.39 is 0 Å². The molecule has 0 N–H and O–H groups in total. The first-order chi connectivity index (χ1) is 10.2. The van der Waals surface area contributed by atoms with Gasteiger partial charge in [0.15, 0.2) is 0 Å². The van der Waals surface area contributed by atoms with Gasteiger partial charge in [-0.2, -0.15) is 0 Å². The summed E-state index contributed by atoms with van der Waals surface area (Å²) in [5.74, 6) is 0. The predicted molar refractivity (Wildman–Crippen MR) is 84.8 cm³/mol. The number of rotatable bonds is 4. The first-order valence-corrected chi connectivity index (χ1v) is 7.36. The number of nitrogens with zero attached hydrogens (tertiary/aromatic N) is 3. The van der Waals surface area contributed by atoms with E-state index in [1.807, 2.05) is 43.5 Å². The average Bonchev–Trinajstić information content (AvgIpc) is 2.82. The van der Waals surface area contributed by atoms with Crippen LogP contribution >= 0.6 is 11.6 Å². The van der Waals surface area contributed by atoms with E-state index in [2.05, 4.69) is 4.98 Å². The number of para-hydroxylation sites is 1. The van der Waals surface area contributed by atoms with Gasteiger partial charge in [0.05, 0.1) is 12.1 Å². The number of aromatic nitrogens is 3. The molecule has 4 nitrogen and oxygen atoms in total. The fourth-order valence-corrected chi connectivity index (χ4v) is 2.62. The minimum atomic E-state index is -0.0129. The van der Waals surface area contributed by atoms with Gasteiger partial charge in [-0.15, -0.1) is 0 Å². The van der Waals surface area contributed by atoms with E-state index in [4.69, 9.17) is 11.6 Å². The van der Waals surface area contributed by atoms with Crippen molar-refractivity contribution in [2.24, 2.45) is 0 Å². The van der Waals surface area contributed by atoms with E-state index in [9.17, 15) is 4.79 Å². The summed E-state index contributed by atoms with van der Waals surface area (Å²) in [6, 6.07) is 9.81. The average molecular weight is 302 g/mol. The Morgan fingerprint density at radius 3 is 2.76 bits per heavy atom. The van der Waals surface area contributed by atoms with Crippen molar-refractivity contribution in [3.63, 3.8) is 0 Å². The fraction of sp³-hybridized carbons (Fsp3) is 0.250. The largest absolute Gasteiger partial charge is 0.328 e. The van der Waals surface area contributed by atoms with Crippen LogP contribution in [0.25, 0.3) is 10.9 Å². The minimum absolute atomic E-state index is 0.0129. The van der Waals surface area contributed by atoms with E-state index in [1.54, 1.807) is 15.3 Å². The molecule has 2 aromatic heterocycles. The molecule has 5 heteroatoms. The molecule has 0 radical (unpaired) electrons. The van der Waals surface area contributed by atoms with E-state index >= 15 is 0 Å². The molecule has 108 valence electrons. The van der Waals surface area contributed by atoms with Crippen molar-refractivity contribution >= 4 is 22.5 Å². The number of fused-ring (bicyclic) bond motifs is 1. The zero-order valence-corrected chi connectivity index (χ0v) is 12.5. The normalized spacial score (nSPS) is 11.1. The molecule has 0 saturated heterocycles. The summed E-state index contributed by atoms with van der Waals surface area (Å²) in [4.78, 5) is 16.6. The second-order valence-electron chi connectivity index (χ2n) is 5.03. The van der Waals surface area contributed by atoms with Gasteiger partial charge < -0.3 is 0 Å². The summed E-state index contributed by atoms with van der Waals surface area (Å²) in [5.41, 5.74) is 1.70. The molecule has 0 saturated carbocycles. The summed E-state index contributed by atoms with van der Waals surface area (Å²) in [7, 11) is 0. The van der Waals surface area contributed by atoms with Crippen LogP contribution < -0.4 is 5.69 Å². The predicted octanol–water partition coefficient (Wildman–Crippen LogP) is 3.31. The smallest absolute Gasteiger partial charge is 0.299 e. The summed E-state index contributed by atoms with van der Waals surface area (Å²) in [6.07, 6.45) is 4.54. The Balaban J connectivity index is 1.98. The van der Waals surface area contributed by atoms with Gasteiger partial charge in [0.2, 0.25) is 0 Å². The molecule has 0 unspecified atom stereocenters. The second kappa shape index (κ2) is 5.74. The number of benzene rings is 1. The maximum absolute atomic E-state index is 12.2. The van der Waals surface area contributed by atoms with Gasteiger partial charge in [-0.3, -0.25) is 9.13 Å². The summed E-state index contributed by atoms with van der Waals surface area (Å²) >= 11 is 6.24. The summed E-state index contributed by atoms with van der Waals surface area (Å²) in [5, 5.41) is 1.47. The first kappa shape index (κ1) is 13.9. The standard InChI is InChI=1S/C16H16ClN3O/c1-2-7-19-8-9-20(16(19)21)11-13-10-12-5-3-4-6-14(12)18-15(13)17/h3-6,8-10H,2,7,11H2,1H3. The lowest BCUT2D eigenvalue weighted by molar-refractivity contribution is 0.624. The van der Waals surface area contributed by atoms with Crippen LogP contribution in [0.15, 0.2) is 47.5 Å². The van der Waals surface area contributed by atoms with Crippen LogP contribution in [-0.2, 0) is 13.1 Å². The Morgan fingerprint density at radius 2 is 1.95 bits per heavy atom. The van der Waals surface area contributed by atoms with Gasteiger partial charge in [-0.25, -0.2) is 9.78 Å². The molecule has 0 bridgehead atoms. The van der Waals surface area contributed by atoms with Crippen molar-refractivity contribution in [2.45, 2.75) is 26.4 Å². The molecule has 0 amide bonds. The Bertz CT molecular complexity index is 835. The van der Waals surface area contributed by atoms with Gasteiger partial charge in [-0.1, -0.05) is 36.7 Å². The minimum Gasteiger partial charge on any atom is -0.299 e. The summed E-state index contributed by atoms with van der Waals surface area (Å²) < 4.78 is 3.37. The molecule has 3 aromatic rings. The molecule has 0 spiro atoms. The van der Waals surface area contributed by atoms with Crippen molar-refractivity contribution in [1.82, 2.24) is 14.1 Å². The monoisotopic (exact) mass is 301 g/mol. The maximum atomic E-state index is 12.2. The number of hydrogen-bond donors (Lipinski definition) is 0. The molecule has 0 fully saturated rings. The highest BCUT2D eigenvalue weighted by Crippen LogP contribution is 2.20. The van der Waals surface area contributed by atoms with E-state index in [0.717, 1.165) is 29.4 Å². The quantitative estimate of drug-likeness (QED) is 0.694. The van der Waals surface area contributed by atoms with E-state index in [-0.39, 0.29) is 5.69 Å². The van der Waals surface area contributed by atoms with Crippen LogP contribution in [-0.4, -0.2) is 14.1 Å². The lowest BCUT2D eigenvalue weighted by Gasteiger charge is -2.06. The summed E-state index contributed by atoms with van der Waals surface area (Å²) in [6.45, 7) is 3.22. The maximum Gasteiger partial charge on any atom is 0.328 e. The zero-order valence-electron chi connectivity index (χ0n) is 11.8. The van der Waals surface area contributed by atoms with Crippen molar-refractivity contribution in [2.75, 3.05) is 0 Å². The molecule has 0 aliphatic heterocycles. The lowest BCUT2D eigenvalue weighted by Crippen LogP contribution is -2.24. The van der Waals surface area contributed by atoms with Crippen molar-refractivity contribution in [1.29, 1.82) is 0 Å². The number of hydrogen-bond acceptors (Lipinski definition) is 2. The molecule has 1 aromatic carbocycles. The molecular weight excluding hydrogens is 286 g/mol. The van der Waals surface area contributed by atoms with Crippen LogP contribution in [0.5, 0.6) is 0 Å². The molecule has 0 aliphatic rings. The Kier molecular flexibility index (Phi) is 3.80. The van der Waals surface area contributed by atoms with Gasteiger partial charge >= 0.3 is 5.69 Å². The lowest BCUT2D eigenvalue weighted by atomic mass is 10.1. The van der Waals surface area contributed by atoms with Gasteiger partial charge in [-0.05, 0) is 18.6 Å². The zero-order chi connectivity index (χ0) is 14.8. The van der Waals surface area contributed by atoms with Gasteiger partial charge in [0.1, 0.15) is 5.15 Å². The van der Waals surface area contributed by atoms with Crippen LogP contribution in [0.3, 0.4) is 0 Å². The number of imidazole rings is 1. The van der Waals surface area contributed by atoms with E-state index in [1.165, 1.54) is 0 Å². The van der Waals surface area contributed by atoms with Gasteiger partial charge in [0.25, 0.3) is 0 Å². The van der Waals surface area contributed by atoms with Gasteiger partial charge in [0, 0.05) is 29.9 Å². The third-order valence-electron chi connectivity index (χ3n) is 3.47. The van der Waals surface area contributed by atoms with Crippen LogP contribution in [0.2, 0.25) is 5.15 Å². The number of aryl methyl sites for hydroxylation is 1. The molecule has 0 aliphatic carbocycles. The highest BCUT2D eigenvalue weighted by atomic mass is 35.5.